The highest BCUT2D eigenvalue weighted by Gasteiger charge is 2.57. The lowest BCUT2D eigenvalue weighted by Crippen LogP contribution is -2.51. The highest BCUT2D eigenvalue weighted by molar-refractivity contribution is 7.91. The lowest BCUT2D eigenvalue weighted by molar-refractivity contribution is -0.137. The van der Waals surface area contributed by atoms with E-state index in [-0.39, 0.29) is 63.7 Å². The van der Waals surface area contributed by atoms with E-state index in [1.807, 2.05) is 32.9 Å². The molecule has 6 aromatic rings. The molecule has 15 rings (SSSR count). The minimum atomic E-state index is -3.04. The number of urea groups is 1. The van der Waals surface area contributed by atoms with Crippen LogP contribution in [0.3, 0.4) is 0 Å². The third-order valence-electron chi connectivity index (χ3n) is 21.6. The van der Waals surface area contributed by atoms with Crippen LogP contribution in [0.15, 0.2) is 86.8 Å². The molecule has 6 aliphatic heterocycles. The molecule has 490 valence electrons. The van der Waals surface area contributed by atoms with Gasteiger partial charge in [0.1, 0.15) is 6.04 Å². The molecule has 9 aliphatic rings. The molecule has 26 heteroatoms. The number of aromatic nitrogens is 3. The predicted octanol–water partition coefficient (Wildman–Crippen LogP) is 5.26. The average Bonchev–Trinajstić information content (AvgIpc) is 1.61. The molecule has 6 aromatic heterocycles. The minimum Gasteiger partial charge on any atom is -0.449 e. The highest BCUT2D eigenvalue weighted by Crippen LogP contribution is 2.61. The zero-order valence-corrected chi connectivity index (χ0v) is 52.7. The van der Waals surface area contributed by atoms with Crippen molar-refractivity contribution in [3.63, 3.8) is 0 Å². The van der Waals surface area contributed by atoms with Crippen molar-refractivity contribution in [1.82, 2.24) is 55.4 Å². The average molecular weight is 1280 g/mol. The third-order valence-corrected chi connectivity index (χ3v) is 23.4. The first-order valence-corrected chi connectivity index (χ1v) is 34.5. The van der Waals surface area contributed by atoms with Crippen molar-refractivity contribution in [3.05, 3.63) is 90.9 Å². The van der Waals surface area contributed by atoms with E-state index in [1.54, 1.807) is 55.4 Å². The summed E-state index contributed by atoms with van der Waals surface area (Å²) in [6.45, 7) is 11.1. The predicted molar refractivity (Wildman–Crippen MR) is 336 cm³/mol. The summed E-state index contributed by atoms with van der Waals surface area (Å²) in [7, 11) is -3.04. The summed E-state index contributed by atoms with van der Waals surface area (Å²) in [6, 6.07) is 9.76. The number of nitrogens with zero attached hydrogens (tertiary/aromatic N) is 8. The Hall–Kier alpha value is -7.97. The summed E-state index contributed by atoms with van der Waals surface area (Å²) >= 11 is 0. The lowest BCUT2D eigenvalue weighted by atomic mass is 9.90. The molecule has 0 radical (unpaired) electrons. The summed E-state index contributed by atoms with van der Waals surface area (Å²) < 4.78 is 45.4. The van der Waals surface area contributed by atoms with E-state index in [2.05, 4.69) is 35.8 Å². The van der Waals surface area contributed by atoms with Gasteiger partial charge in [0.25, 0.3) is 17.7 Å². The number of amides is 8. The van der Waals surface area contributed by atoms with Crippen LogP contribution in [0.2, 0.25) is 0 Å². The molecule has 3 saturated carbocycles. The fourth-order valence-electron chi connectivity index (χ4n) is 15.4. The van der Waals surface area contributed by atoms with E-state index in [9.17, 15) is 42.0 Å². The van der Waals surface area contributed by atoms with Gasteiger partial charge in [-0.1, -0.05) is 0 Å². The number of pyridine rings is 3. The number of carbonyl (C=O) groups excluding carboxylic acids is 7. The van der Waals surface area contributed by atoms with Crippen LogP contribution in [-0.4, -0.2) is 205 Å². The number of piperidine rings is 3. The van der Waals surface area contributed by atoms with Gasteiger partial charge < -0.3 is 59.3 Å². The van der Waals surface area contributed by atoms with Crippen molar-refractivity contribution in [2.24, 2.45) is 45.7 Å². The SMILES string of the molecule is NC(=O)N1CCCC1C(=O)N1CCC2(CC1)CC2CNC(=O)c1cc2ccncc2o1.O=C(NCC1CC12CCN(C(=O)C1CCS(=O)(=O)C1)CC2)c1cc2ccncc2o1.O=C(NCC1CC12CCN(C(=O)CCN1CCOCC1)CC2)c1cc2ccncc2o1. The quantitative estimate of drug-likeness (QED) is 0.108. The molecule has 9 fully saturated rings. The number of furan rings is 3. The second kappa shape index (κ2) is 26.2. The molecule has 3 aliphatic carbocycles. The number of hydrogen-bond acceptors (Lipinski definition) is 17. The number of rotatable bonds is 14. The van der Waals surface area contributed by atoms with Gasteiger partial charge in [0.05, 0.1) is 49.2 Å². The molecule has 5 atom stereocenters. The Labute approximate surface area is 533 Å². The van der Waals surface area contributed by atoms with Crippen molar-refractivity contribution < 1.29 is 60.0 Å². The van der Waals surface area contributed by atoms with Crippen LogP contribution in [0.25, 0.3) is 32.9 Å². The summed E-state index contributed by atoms with van der Waals surface area (Å²) in [4.78, 5) is 109. The minimum absolute atomic E-state index is 0.0000143. The van der Waals surface area contributed by atoms with Gasteiger partial charge in [-0.15, -0.1) is 0 Å². The van der Waals surface area contributed by atoms with Crippen LogP contribution in [0.1, 0.15) is 115 Å². The first-order valence-electron chi connectivity index (χ1n) is 32.7. The molecule has 3 spiro atoms. The van der Waals surface area contributed by atoms with Crippen LogP contribution in [0.5, 0.6) is 0 Å². The first-order chi connectivity index (χ1) is 44.4. The van der Waals surface area contributed by atoms with Gasteiger partial charge in [-0.3, -0.25) is 48.6 Å². The van der Waals surface area contributed by atoms with Gasteiger partial charge in [0.2, 0.25) is 17.7 Å². The van der Waals surface area contributed by atoms with E-state index < -0.39 is 21.9 Å². The fourth-order valence-corrected chi connectivity index (χ4v) is 17.2. The summed E-state index contributed by atoms with van der Waals surface area (Å²) in [6.07, 6.45) is 21.4. The van der Waals surface area contributed by atoms with Crippen molar-refractivity contribution in [2.75, 3.05) is 110 Å². The Balaban J connectivity index is 0.000000126. The molecule has 5 unspecified atom stereocenters. The van der Waals surface area contributed by atoms with Crippen molar-refractivity contribution >= 4 is 84.2 Å². The summed E-state index contributed by atoms with van der Waals surface area (Å²) in [5, 5.41) is 11.6. The monoisotopic (exact) mass is 1280 g/mol. The molecule has 0 bridgehead atoms. The number of primary amides is 1. The van der Waals surface area contributed by atoms with Crippen LogP contribution in [0.4, 0.5) is 4.79 Å². The number of morpholine rings is 1. The summed E-state index contributed by atoms with van der Waals surface area (Å²) in [5.41, 5.74) is 7.95. The van der Waals surface area contributed by atoms with Gasteiger partial charge in [0, 0.05) is 126 Å². The van der Waals surface area contributed by atoms with Crippen LogP contribution < -0.4 is 21.7 Å². The first kappa shape index (κ1) is 62.8. The van der Waals surface area contributed by atoms with Crippen molar-refractivity contribution in [2.45, 2.75) is 89.5 Å². The zero-order valence-electron chi connectivity index (χ0n) is 51.9. The van der Waals surface area contributed by atoms with E-state index in [0.29, 0.717) is 129 Å². The lowest BCUT2D eigenvalue weighted by Gasteiger charge is -2.36. The standard InChI is InChI=1S/C23H30N4O4.C22H27N5O4.C21H25N3O5S/c28-21(2-6-26-9-11-30-12-10-26)27-7-3-23(4-8-27)14-18(23)15-25-22(29)19-13-17-1-5-24-16-20(17)31-19;23-21(30)27-7-1-2-16(27)20(29)26-8-4-22(5-9-26)11-15(22)12-25-19(28)17-10-14-3-6-24-13-18(14)31-17;25-19(17-9-14-1-5-22-12-18(14)29-17)23-11-16-10-21(16)3-6-24(7-4-21)20(26)15-2-8-30(27,28)13-15/h1,5,13,16,18H,2-4,6-12,14-15H2,(H,25,29);3,6,10,13,15-16H,1-2,4-5,7-9,11-12H2,(H2,23,30)(H,25,28);1,5,9,12,15-16H,2-4,6-8,10-11,13H2,(H,23,25). The zero-order chi connectivity index (χ0) is 63.8. The second-order valence-corrected chi connectivity index (χ2v) is 29.2. The Morgan fingerprint density at radius 2 is 0.978 bits per heavy atom. The van der Waals surface area contributed by atoms with E-state index in [1.165, 1.54) is 4.90 Å². The number of nitrogens with two attached hydrogens (primary N) is 1. The van der Waals surface area contributed by atoms with Gasteiger partial charge in [-0.05, 0) is 147 Å². The number of likely N-dealkylation sites (tertiary alicyclic amines) is 4. The van der Waals surface area contributed by atoms with Crippen molar-refractivity contribution in [3.8, 4) is 0 Å². The van der Waals surface area contributed by atoms with E-state index in [4.69, 9.17) is 23.7 Å². The van der Waals surface area contributed by atoms with Gasteiger partial charge >= 0.3 is 6.03 Å². The number of carbonyl (C=O) groups is 7. The highest BCUT2D eigenvalue weighted by atomic mass is 32.2. The fraction of sp³-hybridized carbons (Fsp3) is 0.576. The largest absolute Gasteiger partial charge is 0.449 e. The maximum Gasteiger partial charge on any atom is 0.315 e. The van der Waals surface area contributed by atoms with Gasteiger partial charge in [-0.2, -0.15) is 0 Å². The van der Waals surface area contributed by atoms with Crippen LogP contribution in [0, 0.1) is 39.9 Å². The molecule has 92 heavy (non-hydrogen) atoms. The van der Waals surface area contributed by atoms with E-state index >= 15 is 0 Å². The molecule has 12 heterocycles. The van der Waals surface area contributed by atoms with Crippen molar-refractivity contribution in [1.29, 1.82) is 0 Å². The summed E-state index contributed by atoms with van der Waals surface area (Å²) in [5.74, 6) is 1.71. The Kier molecular flexibility index (Phi) is 17.9. The molecule has 5 N–H and O–H groups in total. The van der Waals surface area contributed by atoms with E-state index in [0.717, 1.165) is 126 Å². The third kappa shape index (κ3) is 13.9. The molecular formula is C66H82N12O13S. The molecule has 8 amide bonds. The molecule has 0 aromatic carbocycles. The number of hydrogen-bond donors (Lipinski definition) is 4. The maximum absolute atomic E-state index is 12.9. The molecule has 25 nitrogen and oxygen atoms in total. The Bertz CT molecular complexity index is 3760. The van der Waals surface area contributed by atoms with Crippen LogP contribution >= 0.6 is 0 Å². The topological polar surface area (TPSA) is 319 Å². The smallest absolute Gasteiger partial charge is 0.315 e. The number of fused-ring (bicyclic) bond motifs is 3. The van der Waals surface area contributed by atoms with Gasteiger partial charge in [0.15, 0.2) is 43.9 Å². The Morgan fingerprint density at radius 3 is 1.38 bits per heavy atom. The number of sulfone groups is 1. The van der Waals surface area contributed by atoms with Crippen LogP contribution in [-0.2, 0) is 29.0 Å². The molecular weight excluding hydrogens is 1200 g/mol. The molecule has 6 saturated heterocycles. The number of ether oxygens (including phenoxy) is 1. The maximum atomic E-state index is 12.9. The second-order valence-electron chi connectivity index (χ2n) is 27.0. The normalized spacial score (nSPS) is 24.8. The van der Waals surface area contributed by atoms with Gasteiger partial charge in [-0.25, -0.2) is 13.2 Å². The Morgan fingerprint density at radius 1 is 0.554 bits per heavy atom. The number of nitrogens with one attached hydrogen (secondary N) is 3.